The van der Waals surface area contributed by atoms with E-state index in [0.29, 0.717) is 5.69 Å². The van der Waals surface area contributed by atoms with Crippen LogP contribution < -0.4 is 0 Å². The van der Waals surface area contributed by atoms with Crippen LogP contribution in [0, 0.1) is 0 Å². The summed E-state index contributed by atoms with van der Waals surface area (Å²) in [6.45, 7) is 5.89. The van der Waals surface area contributed by atoms with Gasteiger partial charge in [0.15, 0.2) is 6.29 Å². The highest BCUT2D eigenvalue weighted by Gasteiger charge is 2.18. The van der Waals surface area contributed by atoms with E-state index in [4.69, 9.17) is 0 Å². The lowest BCUT2D eigenvalue weighted by Gasteiger charge is -2.23. The Morgan fingerprint density at radius 3 is 2.88 bits per heavy atom. The van der Waals surface area contributed by atoms with Gasteiger partial charge in [-0.2, -0.15) is 0 Å². The van der Waals surface area contributed by atoms with E-state index in [1.807, 2.05) is 18.4 Å². The van der Waals surface area contributed by atoms with Crippen LogP contribution in [0.4, 0.5) is 0 Å². The van der Waals surface area contributed by atoms with Gasteiger partial charge in [0.25, 0.3) is 0 Å². The van der Waals surface area contributed by atoms with Gasteiger partial charge in [-0.05, 0) is 33.1 Å². The van der Waals surface area contributed by atoms with E-state index in [9.17, 15) is 9.90 Å². The van der Waals surface area contributed by atoms with Crippen LogP contribution >= 0.6 is 0 Å². The molecule has 16 heavy (non-hydrogen) atoms. The van der Waals surface area contributed by atoms with Crippen LogP contribution in [0.15, 0.2) is 12.5 Å². The van der Waals surface area contributed by atoms with E-state index in [1.54, 1.807) is 12.5 Å². The number of rotatable bonds is 6. The summed E-state index contributed by atoms with van der Waals surface area (Å²) in [6.07, 6.45) is 6.51. The smallest absolute Gasteiger partial charge is 0.169 e. The maximum Gasteiger partial charge on any atom is 0.169 e. The Balaban J connectivity index is 2.52. The third-order valence-electron chi connectivity index (χ3n) is 3.11. The molecule has 1 rings (SSSR count). The molecule has 1 heterocycles. The van der Waals surface area contributed by atoms with E-state index in [2.05, 4.69) is 11.9 Å². The molecule has 4 nitrogen and oxygen atoms in total. The Morgan fingerprint density at radius 2 is 2.38 bits per heavy atom. The molecule has 0 amide bonds. The lowest BCUT2D eigenvalue weighted by atomic mass is 9.95. The molecular weight excluding hydrogens is 204 g/mol. The summed E-state index contributed by atoms with van der Waals surface area (Å²) in [5.41, 5.74) is -0.142. The van der Waals surface area contributed by atoms with Gasteiger partial charge in [0, 0.05) is 12.2 Å². The number of aldehydes is 1. The van der Waals surface area contributed by atoms with Crippen molar-refractivity contribution in [3.8, 4) is 0 Å². The molecule has 0 saturated heterocycles. The summed E-state index contributed by atoms with van der Waals surface area (Å²) >= 11 is 0. The maximum atomic E-state index is 10.5. The minimum absolute atomic E-state index is 0.249. The fourth-order valence-electron chi connectivity index (χ4n) is 1.50. The fourth-order valence-corrected chi connectivity index (χ4v) is 1.50. The van der Waals surface area contributed by atoms with Crippen molar-refractivity contribution in [1.29, 1.82) is 0 Å². The number of nitrogens with zero attached hydrogens (tertiary/aromatic N) is 2. The highest BCUT2D eigenvalue weighted by Crippen LogP contribution is 2.22. The number of hydrogen-bond acceptors (Lipinski definition) is 3. The third-order valence-corrected chi connectivity index (χ3v) is 3.11. The molecular formula is C12H20N2O2. The predicted octanol–water partition coefficient (Wildman–Crippen LogP) is 2.20. The topological polar surface area (TPSA) is 55.1 Å². The lowest BCUT2D eigenvalue weighted by molar-refractivity contribution is 0.0413. The Bertz CT molecular complexity index is 345. The summed E-state index contributed by atoms with van der Waals surface area (Å²) in [6, 6.07) is 0.249. The number of carbonyl (C=O) groups excluding carboxylic acids is 1. The van der Waals surface area contributed by atoms with Crippen molar-refractivity contribution >= 4 is 6.29 Å². The molecule has 2 atom stereocenters. The normalized spacial score (nSPS) is 16.8. The quantitative estimate of drug-likeness (QED) is 0.754. The van der Waals surface area contributed by atoms with Crippen LogP contribution in [-0.2, 0) is 0 Å². The van der Waals surface area contributed by atoms with Crippen molar-refractivity contribution < 1.29 is 9.90 Å². The highest BCUT2D eigenvalue weighted by atomic mass is 16.3. The van der Waals surface area contributed by atoms with Crippen LogP contribution in [0.3, 0.4) is 0 Å². The van der Waals surface area contributed by atoms with Gasteiger partial charge in [0.05, 0.1) is 11.9 Å². The maximum absolute atomic E-state index is 10.5. The Hall–Kier alpha value is -1.16. The minimum atomic E-state index is -0.595. The van der Waals surface area contributed by atoms with Gasteiger partial charge in [-0.3, -0.25) is 4.79 Å². The van der Waals surface area contributed by atoms with Crippen molar-refractivity contribution in [3.63, 3.8) is 0 Å². The second-order valence-corrected chi connectivity index (χ2v) is 4.60. The third kappa shape index (κ3) is 3.45. The van der Waals surface area contributed by atoms with Crippen LogP contribution in [0.5, 0.6) is 0 Å². The Labute approximate surface area is 96.3 Å². The molecule has 0 saturated carbocycles. The number of imidazole rings is 1. The number of aromatic nitrogens is 2. The van der Waals surface area contributed by atoms with Crippen LogP contribution in [-0.4, -0.2) is 26.5 Å². The van der Waals surface area contributed by atoms with Gasteiger partial charge in [0.2, 0.25) is 0 Å². The second kappa shape index (κ2) is 5.25. The standard InChI is InChI=1S/C12H20N2O2/c1-4-12(3,16)6-5-10(2)14-7-11(8-15)13-9-14/h7-10,16H,4-6H2,1-3H3. The van der Waals surface area contributed by atoms with Crippen LogP contribution in [0.25, 0.3) is 0 Å². The molecule has 1 aromatic rings. The van der Waals surface area contributed by atoms with Crippen LogP contribution in [0.1, 0.15) is 56.6 Å². The first-order valence-corrected chi connectivity index (χ1v) is 5.69. The van der Waals surface area contributed by atoms with Gasteiger partial charge < -0.3 is 9.67 Å². The van der Waals surface area contributed by atoms with E-state index < -0.39 is 5.60 Å². The molecule has 0 fully saturated rings. The van der Waals surface area contributed by atoms with E-state index in [0.717, 1.165) is 25.5 Å². The molecule has 0 spiro atoms. The molecule has 2 unspecified atom stereocenters. The first-order valence-electron chi connectivity index (χ1n) is 5.69. The van der Waals surface area contributed by atoms with E-state index in [1.165, 1.54) is 0 Å². The SMILES string of the molecule is CCC(C)(O)CCC(C)n1cnc(C=O)c1. The molecule has 90 valence electrons. The van der Waals surface area contributed by atoms with Crippen molar-refractivity contribution in [2.24, 2.45) is 0 Å². The zero-order chi connectivity index (χ0) is 12.2. The fraction of sp³-hybridized carbons (Fsp3) is 0.667. The highest BCUT2D eigenvalue weighted by molar-refractivity contribution is 5.70. The van der Waals surface area contributed by atoms with Crippen LogP contribution in [0.2, 0.25) is 0 Å². The molecule has 4 heteroatoms. The molecule has 0 aliphatic rings. The van der Waals surface area contributed by atoms with E-state index >= 15 is 0 Å². The number of hydrogen-bond donors (Lipinski definition) is 1. The number of carbonyl (C=O) groups is 1. The summed E-state index contributed by atoms with van der Waals surface area (Å²) in [5, 5.41) is 9.89. The van der Waals surface area contributed by atoms with Crippen molar-refractivity contribution in [3.05, 3.63) is 18.2 Å². The first kappa shape index (κ1) is 12.9. The average molecular weight is 224 g/mol. The van der Waals surface area contributed by atoms with Gasteiger partial charge in [-0.25, -0.2) is 4.98 Å². The first-order chi connectivity index (χ1) is 7.48. The average Bonchev–Trinajstić information content (AvgIpc) is 2.74. The molecule has 0 radical (unpaired) electrons. The zero-order valence-corrected chi connectivity index (χ0v) is 10.2. The predicted molar refractivity (Wildman–Crippen MR) is 62.5 cm³/mol. The van der Waals surface area contributed by atoms with Gasteiger partial charge in [0.1, 0.15) is 5.69 Å². The molecule has 1 aromatic heterocycles. The van der Waals surface area contributed by atoms with Crippen molar-refractivity contribution in [2.75, 3.05) is 0 Å². The molecule has 1 N–H and O–H groups in total. The van der Waals surface area contributed by atoms with Crippen molar-refractivity contribution in [1.82, 2.24) is 9.55 Å². The van der Waals surface area contributed by atoms with E-state index in [-0.39, 0.29) is 6.04 Å². The molecule has 0 aliphatic heterocycles. The Kier molecular flexibility index (Phi) is 4.24. The summed E-state index contributed by atoms with van der Waals surface area (Å²) in [4.78, 5) is 14.4. The van der Waals surface area contributed by atoms with Crippen molar-refractivity contribution in [2.45, 2.75) is 51.7 Å². The summed E-state index contributed by atoms with van der Waals surface area (Å²) < 4.78 is 1.91. The number of aliphatic hydroxyl groups is 1. The lowest BCUT2D eigenvalue weighted by Crippen LogP contribution is -2.23. The van der Waals surface area contributed by atoms with Gasteiger partial charge in [-0.15, -0.1) is 0 Å². The molecule has 0 bridgehead atoms. The molecule has 0 aromatic carbocycles. The Morgan fingerprint density at radius 1 is 1.69 bits per heavy atom. The van der Waals surface area contributed by atoms with Gasteiger partial charge >= 0.3 is 0 Å². The van der Waals surface area contributed by atoms with Gasteiger partial charge in [-0.1, -0.05) is 6.92 Å². The minimum Gasteiger partial charge on any atom is -0.390 e. The monoisotopic (exact) mass is 224 g/mol. The largest absolute Gasteiger partial charge is 0.390 e. The summed E-state index contributed by atoms with van der Waals surface area (Å²) in [5.74, 6) is 0. The zero-order valence-electron chi connectivity index (χ0n) is 10.2. The summed E-state index contributed by atoms with van der Waals surface area (Å²) in [7, 11) is 0. The molecule has 0 aliphatic carbocycles. The second-order valence-electron chi connectivity index (χ2n) is 4.60.